The average Bonchev–Trinajstić information content (AvgIpc) is 3.37. The number of nitrogens with zero attached hydrogens (tertiary/aromatic N) is 2. The third-order valence-electron chi connectivity index (χ3n) is 4.60. The maximum absolute atomic E-state index is 7.89. The van der Waals surface area contributed by atoms with E-state index in [1.54, 1.807) is 26.6 Å². The topological polar surface area (TPSA) is 123 Å². The summed E-state index contributed by atoms with van der Waals surface area (Å²) in [7, 11) is 3.26. The van der Waals surface area contributed by atoms with Crippen LogP contribution in [0.2, 0.25) is 0 Å². The highest BCUT2D eigenvalue weighted by molar-refractivity contribution is 6.01. The van der Waals surface area contributed by atoms with Gasteiger partial charge < -0.3 is 19.4 Å². The molecule has 0 aliphatic rings. The van der Waals surface area contributed by atoms with Gasteiger partial charge in [0, 0.05) is 45.3 Å². The number of H-pyrrole nitrogens is 2. The fourth-order valence-corrected chi connectivity index (χ4v) is 3.07. The zero-order valence-corrected chi connectivity index (χ0v) is 16.5. The van der Waals surface area contributed by atoms with Gasteiger partial charge in [-0.2, -0.15) is 10.2 Å². The Bertz CT molecular complexity index is 1160. The van der Waals surface area contributed by atoms with E-state index in [0.717, 1.165) is 44.4 Å². The molecule has 0 saturated carbocycles. The number of rotatable bonds is 6. The number of ether oxygens (including phenoxy) is 2. The first kappa shape index (κ1) is 19.1. The van der Waals surface area contributed by atoms with Gasteiger partial charge in [0.2, 0.25) is 5.96 Å². The minimum Gasteiger partial charge on any atom is -0.497 e. The van der Waals surface area contributed by atoms with E-state index < -0.39 is 0 Å². The summed E-state index contributed by atoms with van der Waals surface area (Å²) in [5.41, 5.74) is 8.91. The van der Waals surface area contributed by atoms with Crippen LogP contribution in [0.15, 0.2) is 59.0 Å². The van der Waals surface area contributed by atoms with E-state index >= 15 is 0 Å². The quantitative estimate of drug-likeness (QED) is 0.193. The third kappa shape index (κ3) is 3.95. The Kier molecular flexibility index (Phi) is 5.33. The van der Waals surface area contributed by atoms with Gasteiger partial charge in [-0.1, -0.05) is 0 Å². The van der Waals surface area contributed by atoms with Crippen molar-refractivity contribution >= 4 is 40.2 Å². The first-order chi connectivity index (χ1) is 14.7. The average molecular weight is 403 g/mol. The Morgan fingerprint density at radius 1 is 0.833 bits per heavy atom. The van der Waals surface area contributed by atoms with Gasteiger partial charge in [-0.15, -0.1) is 0 Å². The zero-order valence-electron chi connectivity index (χ0n) is 16.5. The molecule has 0 unspecified atom stereocenters. The summed E-state index contributed by atoms with van der Waals surface area (Å²) in [5, 5.41) is 18.0. The number of aromatic nitrogens is 2. The van der Waals surface area contributed by atoms with Gasteiger partial charge in [0.15, 0.2) is 0 Å². The van der Waals surface area contributed by atoms with Crippen molar-refractivity contribution in [3.05, 3.63) is 59.9 Å². The maximum Gasteiger partial charge on any atom is 0.230 e. The van der Waals surface area contributed by atoms with E-state index in [1.165, 1.54) is 0 Å². The van der Waals surface area contributed by atoms with Crippen molar-refractivity contribution < 1.29 is 9.47 Å². The molecule has 0 saturated heterocycles. The summed E-state index contributed by atoms with van der Waals surface area (Å²) < 4.78 is 10.5. The molecule has 4 aromatic rings. The van der Waals surface area contributed by atoms with E-state index in [9.17, 15) is 0 Å². The monoisotopic (exact) mass is 403 g/mol. The molecule has 0 bridgehead atoms. The SMILES string of the molecule is COc1ccc2[nH]cc(/C=N/NC(=N)N/N=C/c3c[nH]c4ccc(OC)cc34)c2c1. The number of fused-ring (bicyclic) bond motifs is 2. The molecule has 0 aliphatic carbocycles. The fraction of sp³-hybridized carbons (Fsp3) is 0.0952. The highest BCUT2D eigenvalue weighted by Gasteiger charge is 2.04. The smallest absolute Gasteiger partial charge is 0.230 e. The van der Waals surface area contributed by atoms with E-state index in [1.807, 2.05) is 48.8 Å². The predicted molar refractivity (Wildman–Crippen MR) is 119 cm³/mol. The first-order valence-electron chi connectivity index (χ1n) is 9.15. The van der Waals surface area contributed by atoms with Crippen LogP contribution >= 0.6 is 0 Å². The molecular formula is C21H21N7O2. The molecule has 2 aromatic carbocycles. The molecule has 0 amide bonds. The van der Waals surface area contributed by atoms with E-state index in [0.29, 0.717) is 0 Å². The van der Waals surface area contributed by atoms with Crippen molar-refractivity contribution in [1.29, 1.82) is 5.41 Å². The van der Waals surface area contributed by atoms with Gasteiger partial charge in [0.05, 0.1) is 26.6 Å². The Balaban J connectivity index is 1.37. The van der Waals surface area contributed by atoms with E-state index in [-0.39, 0.29) is 5.96 Å². The van der Waals surface area contributed by atoms with Gasteiger partial charge in [0.25, 0.3) is 0 Å². The van der Waals surface area contributed by atoms with E-state index in [4.69, 9.17) is 14.9 Å². The molecule has 0 fully saturated rings. The highest BCUT2D eigenvalue weighted by Crippen LogP contribution is 2.23. The lowest BCUT2D eigenvalue weighted by atomic mass is 10.2. The molecule has 30 heavy (non-hydrogen) atoms. The predicted octanol–water partition coefficient (Wildman–Crippen LogP) is 3.15. The van der Waals surface area contributed by atoms with Crippen LogP contribution in [-0.4, -0.2) is 42.6 Å². The van der Waals surface area contributed by atoms with Gasteiger partial charge >= 0.3 is 0 Å². The number of hydrazone groups is 2. The maximum atomic E-state index is 7.89. The number of guanidine groups is 1. The molecule has 9 nitrogen and oxygen atoms in total. The fourth-order valence-electron chi connectivity index (χ4n) is 3.07. The highest BCUT2D eigenvalue weighted by atomic mass is 16.5. The number of aromatic amines is 2. The van der Waals surface area contributed by atoms with Crippen molar-refractivity contribution in [2.24, 2.45) is 10.2 Å². The third-order valence-corrected chi connectivity index (χ3v) is 4.60. The summed E-state index contributed by atoms with van der Waals surface area (Å²) in [6, 6.07) is 11.5. The molecule has 9 heteroatoms. The van der Waals surface area contributed by atoms with Crippen molar-refractivity contribution in [1.82, 2.24) is 20.8 Å². The number of benzene rings is 2. The second kappa shape index (κ2) is 8.39. The summed E-state index contributed by atoms with van der Waals surface area (Å²) in [6.45, 7) is 0. The lowest BCUT2D eigenvalue weighted by Crippen LogP contribution is -2.29. The van der Waals surface area contributed by atoms with E-state index in [2.05, 4.69) is 31.0 Å². The van der Waals surface area contributed by atoms with Crippen LogP contribution in [0.4, 0.5) is 0 Å². The Morgan fingerprint density at radius 2 is 1.30 bits per heavy atom. The van der Waals surface area contributed by atoms with Crippen LogP contribution in [-0.2, 0) is 0 Å². The molecule has 152 valence electrons. The van der Waals surface area contributed by atoms with Crippen LogP contribution in [0.5, 0.6) is 11.5 Å². The molecular weight excluding hydrogens is 382 g/mol. The van der Waals surface area contributed by atoms with Crippen molar-refractivity contribution in [2.45, 2.75) is 0 Å². The summed E-state index contributed by atoms with van der Waals surface area (Å²) in [4.78, 5) is 6.34. The minimum absolute atomic E-state index is 0.0580. The standard InChI is InChI=1S/C21H21N7O2/c1-29-15-3-5-19-17(7-15)13(9-23-19)11-25-27-21(22)28-26-12-14-10-24-20-6-4-16(30-2)8-18(14)20/h3-12,23-24H,1-2H3,(H3,22,27,28)/b25-11+,26-12+. The summed E-state index contributed by atoms with van der Waals surface area (Å²) in [5.74, 6) is 1.48. The molecule has 0 atom stereocenters. The van der Waals surface area contributed by atoms with Crippen LogP contribution in [0.1, 0.15) is 11.1 Å². The molecule has 2 aromatic heterocycles. The van der Waals surface area contributed by atoms with Crippen LogP contribution in [0, 0.1) is 5.41 Å². The number of nitrogens with one attached hydrogen (secondary N) is 5. The largest absolute Gasteiger partial charge is 0.497 e. The second-order valence-electron chi connectivity index (χ2n) is 6.43. The lowest BCUT2D eigenvalue weighted by molar-refractivity contribution is 0.415. The zero-order chi connectivity index (χ0) is 20.9. The first-order valence-corrected chi connectivity index (χ1v) is 9.15. The lowest BCUT2D eigenvalue weighted by Gasteiger charge is -2.01. The van der Waals surface area contributed by atoms with Crippen molar-refractivity contribution in [3.8, 4) is 11.5 Å². The molecule has 0 aliphatic heterocycles. The number of hydrogen-bond acceptors (Lipinski definition) is 5. The Hall–Kier alpha value is -4.27. The molecule has 4 rings (SSSR count). The molecule has 5 N–H and O–H groups in total. The Morgan fingerprint density at radius 3 is 1.73 bits per heavy atom. The van der Waals surface area contributed by atoms with Gasteiger partial charge in [0.1, 0.15) is 11.5 Å². The Labute approximate surface area is 172 Å². The molecule has 0 radical (unpaired) electrons. The van der Waals surface area contributed by atoms with Gasteiger partial charge in [-0.25, -0.2) is 10.9 Å². The molecule has 2 heterocycles. The minimum atomic E-state index is -0.0580. The van der Waals surface area contributed by atoms with Gasteiger partial charge in [-0.05, 0) is 36.4 Å². The number of methoxy groups -OCH3 is 2. The van der Waals surface area contributed by atoms with Crippen LogP contribution < -0.4 is 20.3 Å². The summed E-state index contributed by atoms with van der Waals surface area (Å²) in [6.07, 6.45) is 6.94. The van der Waals surface area contributed by atoms with Gasteiger partial charge in [-0.3, -0.25) is 5.41 Å². The second-order valence-corrected chi connectivity index (χ2v) is 6.43. The van der Waals surface area contributed by atoms with Crippen molar-refractivity contribution in [2.75, 3.05) is 14.2 Å². The number of hydrogen-bond donors (Lipinski definition) is 5. The van der Waals surface area contributed by atoms with Crippen LogP contribution in [0.25, 0.3) is 21.8 Å². The summed E-state index contributed by atoms with van der Waals surface area (Å²) >= 11 is 0. The normalized spacial score (nSPS) is 11.5. The van der Waals surface area contributed by atoms with Crippen molar-refractivity contribution in [3.63, 3.8) is 0 Å². The van der Waals surface area contributed by atoms with Crippen LogP contribution in [0.3, 0.4) is 0 Å². The molecule has 0 spiro atoms.